The van der Waals surface area contributed by atoms with Crippen molar-refractivity contribution in [2.75, 3.05) is 13.2 Å². The minimum atomic E-state index is -0.408. The van der Waals surface area contributed by atoms with E-state index in [1.54, 1.807) is 25.1 Å². The summed E-state index contributed by atoms with van der Waals surface area (Å²) in [6.07, 6.45) is 1.72. The maximum Gasteiger partial charge on any atom is 0.311 e. The van der Waals surface area contributed by atoms with Gasteiger partial charge in [0.2, 0.25) is 11.5 Å². The molecule has 0 bridgehead atoms. The lowest BCUT2D eigenvalue weighted by molar-refractivity contribution is -0.134. The van der Waals surface area contributed by atoms with Gasteiger partial charge in [0.05, 0.1) is 13.2 Å². The first kappa shape index (κ1) is 19.2. The summed E-state index contributed by atoms with van der Waals surface area (Å²) in [6, 6.07) is 4.96. The molecule has 0 heterocycles. The van der Waals surface area contributed by atoms with Crippen molar-refractivity contribution >= 4 is 28.3 Å². The molecule has 0 saturated heterocycles. The van der Waals surface area contributed by atoms with Crippen LogP contribution in [-0.4, -0.2) is 24.3 Å². The number of aromatic hydroxyl groups is 1. The quantitative estimate of drug-likeness (QED) is 0.520. The fraction of sp³-hybridized carbons (Fsp3) is 0.421. The molecule has 0 amide bonds. The van der Waals surface area contributed by atoms with Gasteiger partial charge < -0.3 is 19.3 Å². The first-order valence-electron chi connectivity index (χ1n) is 8.47. The van der Waals surface area contributed by atoms with E-state index in [2.05, 4.69) is 0 Å². The SMILES string of the molecule is CCCOc1c(OCCC)c(OC(=O)CC)c2cc(Cl)ccc2c1O. The highest BCUT2D eigenvalue weighted by Gasteiger charge is 2.25. The van der Waals surface area contributed by atoms with Gasteiger partial charge in [0.15, 0.2) is 11.5 Å². The number of ether oxygens (including phenoxy) is 3. The molecule has 0 aromatic heterocycles. The van der Waals surface area contributed by atoms with Crippen LogP contribution >= 0.6 is 11.6 Å². The maximum absolute atomic E-state index is 11.9. The normalized spacial score (nSPS) is 10.7. The van der Waals surface area contributed by atoms with Gasteiger partial charge in [-0.15, -0.1) is 0 Å². The Labute approximate surface area is 152 Å². The highest BCUT2D eigenvalue weighted by atomic mass is 35.5. The van der Waals surface area contributed by atoms with Crippen LogP contribution in [0.1, 0.15) is 40.0 Å². The highest BCUT2D eigenvalue weighted by molar-refractivity contribution is 6.31. The summed E-state index contributed by atoms with van der Waals surface area (Å²) in [4.78, 5) is 11.9. The van der Waals surface area contributed by atoms with E-state index < -0.39 is 5.97 Å². The Morgan fingerprint density at radius 2 is 1.64 bits per heavy atom. The summed E-state index contributed by atoms with van der Waals surface area (Å²) < 4.78 is 17.0. The van der Waals surface area contributed by atoms with E-state index in [4.69, 9.17) is 25.8 Å². The van der Waals surface area contributed by atoms with Gasteiger partial charge in [0.25, 0.3) is 0 Å². The van der Waals surface area contributed by atoms with E-state index in [0.29, 0.717) is 29.0 Å². The first-order valence-corrected chi connectivity index (χ1v) is 8.85. The number of carbonyl (C=O) groups is 1. The molecule has 0 radical (unpaired) electrons. The average Bonchev–Trinajstić information content (AvgIpc) is 2.61. The molecule has 1 N–H and O–H groups in total. The van der Waals surface area contributed by atoms with Gasteiger partial charge in [-0.1, -0.05) is 32.4 Å². The van der Waals surface area contributed by atoms with Gasteiger partial charge in [0.1, 0.15) is 0 Å². The minimum absolute atomic E-state index is 0.0532. The molecule has 0 aliphatic carbocycles. The molecule has 6 heteroatoms. The number of hydrogen-bond donors (Lipinski definition) is 1. The molecule has 2 rings (SSSR count). The lowest BCUT2D eigenvalue weighted by atomic mass is 10.1. The zero-order valence-electron chi connectivity index (χ0n) is 14.7. The molecule has 0 saturated carbocycles. The molecule has 0 spiro atoms. The van der Waals surface area contributed by atoms with Crippen molar-refractivity contribution in [1.82, 2.24) is 0 Å². The molecule has 0 unspecified atom stereocenters. The van der Waals surface area contributed by atoms with Crippen molar-refractivity contribution < 1.29 is 24.1 Å². The average molecular weight is 367 g/mol. The zero-order chi connectivity index (χ0) is 18.4. The summed E-state index contributed by atoms with van der Waals surface area (Å²) in [5.74, 6) is 0.173. The van der Waals surface area contributed by atoms with Gasteiger partial charge in [-0.2, -0.15) is 0 Å². The second-order valence-corrected chi connectivity index (χ2v) is 5.99. The topological polar surface area (TPSA) is 65.0 Å². The monoisotopic (exact) mass is 366 g/mol. The standard InChI is InChI=1S/C19H23ClO5/c1-4-9-23-18-16(22)13-8-7-12(20)11-14(13)17(25-15(21)6-3)19(18)24-10-5-2/h7-8,11,22H,4-6,9-10H2,1-3H3. The zero-order valence-corrected chi connectivity index (χ0v) is 15.5. The van der Waals surface area contributed by atoms with E-state index in [1.165, 1.54) is 0 Å². The second kappa shape index (κ2) is 8.81. The molecule has 2 aromatic rings. The smallest absolute Gasteiger partial charge is 0.311 e. The van der Waals surface area contributed by atoms with E-state index in [0.717, 1.165) is 12.8 Å². The number of fused-ring (bicyclic) bond motifs is 1. The van der Waals surface area contributed by atoms with Crippen LogP contribution in [0.2, 0.25) is 5.02 Å². The van der Waals surface area contributed by atoms with Crippen LogP contribution in [0, 0.1) is 0 Å². The molecule has 25 heavy (non-hydrogen) atoms. The summed E-state index contributed by atoms with van der Waals surface area (Å²) in [5.41, 5.74) is 0. The fourth-order valence-corrected chi connectivity index (χ4v) is 2.50. The summed E-state index contributed by atoms with van der Waals surface area (Å²) in [6.45, 7) is 6.42. The second-order valence-electron chi connectivity index (χ2n) is 5.55. The number of phenols is 1. The highest BCUT2D eigenvalue weighted by Crippen LogP contribution is 2.51. The van der Waals surface area contributed by atoms with Crippen LogP contribution in [0.25, 0.3) is 10.8 Å². The molecule has 0 fully saturated rings. The van der Waals surface area contributed by atoms with Crippen LogP contribution in [0.5, 0.6) is 23.0 Å². The number of halogens is 1. The van der Waals surface area contributed by atoms with Crippen LogP contribution in [0.15, 0.2) is 18.2 Å². The molecular weight excluding hydrogens is 344 g/mol. The molecule has 0 aliphatic rings. The molecule has 0 atom stereocenters. The Bertz CT molecular complexity index is 757. The van der Waals surface area contributed by atoms with Crippen LogP contribution < -0.4 is 14.2 Å². The predicted octanol–water partition coefficient (Wildman–Crippen LogP) is 5.09. The number of rotatable bonds is 8. The number of phenolic OH excluding ortho intramolecular Hbond substituents is 1. The number of hydrogen-bond acceptors (Lipinski definition) is 5. The van der Waals surface area contributed by atoms with Crippen molar-refractivity contribution in [2.45, 2.75) is 40.0 Å². The fourth-order valence-electron chi connectivity index (χ4n) is 2.33. The molecular formula is C19H23ClO5. The largest absolute Gasteiger partial charge is 0.504 e. The van der Waals surface area contributed by atoms with Crippen LogP contribution in [0.3, 0.4) is 0 Å². The molecule has 0 aliphatic heterocycles. The van der Waals surface area contributed by atoms with Gasteiger partial charge in [-0.25, -0.2) is 0 Å². The Morgan fingerprint density at radius 1 is 1.00 bits per heavy atom. The van der Waals surface area contributed by atoms with Gasteiger partial charge >= 0.3 is 5.97 Å². The Balaban J connectivity index is 2.75. The first-order chi connectivity index (χ1) is 12.0. The van der Waals surface area contributed by atoms with Crippen molar-refractivity contribution in [1.29, 1.82) is 0 Å². The lowest BCUT2D eigenvalue weighted by Gasteiger charge is -2.19. The van der Waals surface area contributed by atoms with Crippen molar-refractivity contribution in [3.63, 3.8) is 0 Å². The third-order valence-corrected chi connectivity index (χ3v) is 3.75. The lowest BCUT2D eigenvalue weighted by Crippen LogP contribution is -2.10. The third-order valence-electron chi connectivity index (χ3n) is 3.51. The summed E-state index contributed by atoms with van der Waals surface area (Å²) in [5, 5.41) is 12.1. The Kier molecular flexibility index (Phi) is 6.76. The summed E-state index contributed by atoms with van der Waals surface area (Å²) >= 11 is 6.10. The Morgan fingerprint density at radius 3 is 2.24 bits per heavy atom. The van der Waals surface area contributed by atoms with E-state index in [-0.39, 0.29) is 29.4 Å². The van der Waals surface area contributed by atoms with E-state index in [9.17, 15) is 9.90 Å². The molecule has 136 valence electrons. The van der Waals surface area contributed by atoms with E-state index >= 15 is 0 Å². The van der Waals surface area contributed by atoms with Crippen molar-refractivity contribution in [2.24, 2.45) is 0 Å². The summed E-state index contributed by atoms with van der Waals surface area (Å²) in [7, 11) is 0. The minimum Gasteiger partial charge on any atom is -0.504 e. The van der Waals surface area contributed by atoms with Crippen molar-refractivity contribution in [3.8, 4) is 23.0 Å². The number of carbonyl (C=O) groups excluding carboxylic acids is 1. The maximum atomic E-state index is 11.9. The predicted molar refractivity (Wildman–Crippen MR) is 98.1 cm³/mol. The van der Waals surface area contributed by atoms with Gasteiger partial charge in [0, 0.05) is 22.2 Å². The van der Waals surface area contributed by atoms with Crippen LogP contribution in [0.4, 0.5) is 0 Å². The number of benzene rings is 2. The van der Waals surface area contributed by atoms with Crippen molar-refractivity contribution in [3.05, 3.63) is 23.2 Å². The van der Waals surface area contributed by atoms with E-state index in [1.807, 2.05) is 13.8 Å². The Hall–Kier alpha value is -2.14. The third kappa shape index (κ3) is 4.28. The molecule has 5 nitrogen and oxygen atoms in total. The number of esters is 1. The van der Waals surface area contributed by atoms with Gasteiger partial charge in [-0.05, 0) is 31.0 Å². The van der Waals surface area contributed by atoms with Crippen LogP contribution in [-0.2, 0) is 4.79 Å². The molecule has 2 aromatic carbocycles. The van der Waals surface area contributed by atoms with Gasteiger partial charge in [-0.3, -0.25) is 4.79 Å².